The number of nitrogens with one attached hydrogen (secondary N) is 1. The van der Waals surface area contributed by atoms with Crippen molar-refractivity contribution >= 4 is 87.5 Å². The van der Waals surface area contributed by atoms with E-state index in [1.807, 2.05) is 74.5 Å². The highest BCUT2D eigenvalue weighted by Crippen LogP contribution is 2.46. The molecule has 0 radical (unpaired) electrons. The number of hydrogen-bond donors (Lipinski definition) is 1. The summed E-state index contributed by atoms with van der Waals surface area (Å²) in [5.41, 5.74) is 5.77. The highest BCUT2D eigenvalue weighted by molar-refractivity contribution is 6.39. The summed E-state index contributed by atoms with van der Waals surface area (Å²) in [6.07, 6.45) is 0. The van der Waals surface area contributed by atoms with Gasteiger partial charge in [-0.3, -0.25) is 9.20 Å². The van der Waals surface area contributed by atoms with Gasteiger partial charge in [-0.15, -0.1) is 0 Å². The molecule has 1 aliphatic rings. The van der Waals surface area contributed by atoms with E-state index >= 15 is 0 Å². The van der Waals surface area contributed by atoms with Crippen LogP contribution in [0, 0.1) is 0 Å². The maximum Gasteiger partial charge on any atom is 0.347 e. The first-order valence-corrected chi connectivity index (χ1v) is 15.0. The number of imidazole rings is 2. The van der Waals surface area contributed by atoms with Gasteiger partial charge in [0.05, 0.1) is 22.2 Å². The van der Waals surface area contributed by atoms with Crippen molar-refractivity contribution in [2.24, 2.45) is 0 Å². The number of H-pyrrole nitrogens is 1. The molecular weight excluding hydrogens is 544 g/mol. The van der Waals surface area contributed by atoms with E-state index in [1.165, 1.54) is 0 Å². The molecule has 0 amide bonds. The van der Waals surface area contributed by atoms with Crippen LogP contribution in [0.1, 0.15) is 24.2 Å². The average Bonchev–Trinajstić information content (AvgIpc) is 3.66. The van der Waals surface area contributed by atoms with Gasteiger partial charge in [-0.25, -0.2) is 14.8 Å². The predicted octanol–water partition coefficient (Wildman–Crippen LogP) is 7.95. The van der Waals surface area contributed by atoms with Crippen LogP contribution in [0.4, 0.5) is 0 Å². The van der Waals surface area contributed by atoms with Crippen molar-refractivity contribution in [1.82, 2.24) is 14.4 Å². The Morgan fingerprint density at radius 1 is 0.614 bits per heavy atom. The van der Waals surface area contributed by atoms with E-state index in [-0.39, 0.29) is 11.5 Å². The molecule has 0 unspecified atom stereocenters. The van der Waals surface area contributed by atoms with Crippen LogP contribution in [0.15, 0.2) is 102 Å². The predicted molar refractivity (Wildman–Crippen MR) is 177 cm³/mol. The summed E-state index contributed by atoms with van der Waals surface area (Å²) in [4.78, 5) is 36.4. The molecule has 0 aliphatic carbocycles. The van der Waals surface area contributed by atoms with Gasteiger partial charge in [-0.1, -0.05) is 62.4 Å². The molecule has 6 heteroatoms. The highest BCUT2D eigenvalue weighted by Gasteiger charge is 2.36. The molecule has 0 fully saturated rings. The lowest BCUT2D eigenvalue weighted by molar-refractivity contribution is -0.530. The van der Waals surface area contributed by atoms with Crippen LogP contribution in [0.3, 0.4) is 0 Å². The zero-order valence-corrected chi connectivity index (χ0v) is 23.9. The van der Waals surface area contributed by atoms with Gasteiger partial charge in [0, 0.05) is 21.5 Å². The third-order valence-corrected chi connectivity index (χ3v) is 9.45. The normalized spacial score (nSPS) is 12.9. The molecule has 3 aromatic heterocycles. The van der Waals surface area contributed by atoms with E-state index in [0.29, 0.717) is 16.6 Å². The molecule has 4 heterocycles. The maximum atomic E-state index is 14.0. The molecule has 0 saturated carbocycles. The smallest absolute Gasteiger partial charge is 0.268 e. The molecule has 206 valence electrons. The Hall–Kier alpha value is -5.88. The van der Waals surface area contributed by atoms with E-state index in [1.54, 1.807) is 8.97 Å². The summed E-state index contributed by atoms with van der Waals surface area (Å²) in [5, 5.41) is 10.00. The Morgan fingerprint density at radius 2 is 1.20 bits per heavy atom. The number of aromatic amines is 1. The second kappa shape index (κ2) is 7.94. The quantitative estimate of drug-likeness (QED) is 0.115. The monoisotopic (exact) mass is 567 g/mol. The fourth-order valence-corrected chi connectivity index (χ4v) is 7.76. The third kappa shape index (κ3) is 2.55. The number of aromatic nitrogens is 4. The lowest BCUT2D eigenvalue weighted by Gasteiger charge is -2.20. The number of para-hydroxylation sites is 4. The van der Waals surface area contributed by atoms with Gasteiger partial charge in [-0.05, 0) is 80.8 Å². The molecule has 0 saturated heterocycles. The summed E-state index contributed by atoms with van der Waals surface area (Å²) in [6.45, 7) is 4.00. The first kappa shape index (κ1) is 23.7. The molecule has 0 spiro atoms. The molecule has 7 aromatic carbocycles. The molecular formula is C38H23N4O2+. The molecule has 11 rings (SSSR count). The Balaban J connectivity index is 0.00000125. The van der Waals surface area contributed by atoms with Crippen molar-refractivity contribution in [3.63, 3.8) is 0 Å². The van der Waals surface area contributed by atoms with Crippen molar-refractivity contribution < 1.29 is 9.36 Å². The molecule has 0 atom stereocenters. The second-order valence-corrected chi connectivity index (χ2v) is 11.3. The van der Waals surface area contributed by atoms with E-state index in [4.69, 9.17) is 4.98 Å². The molecule has 6 nitrogen and oxygen atoms in total. The number of carbonyl (C=O) groups is 1. The topological polar surface area (TPSA) is 71.1 Å². The fourth-order valence-electron chi connectivity index (χ4n) is 7.76. The number of fused-ring (bicyclic) bond motifs is 10. The minimum Gasteiger partial charge on any atom is -0.268 e. The third-order valence-electron chi connectivity index (χ3n) is 9.45. The van der Waals surface area contributed by atoms with Crippen molar-refractivity contribution in [2.45, 2.75) is 13.8 Å². The van der Waals surface area contributed by atoms with Gasteiger partial charge in [0.2, 0.25) is 0 Å². The van der Waals surface area contributed by atoms with Crippen LogP contribution in [-0.2, 0) is 0 Å². The van der Waals surface area contributed by atoms with Gasteiger partial charge >= 0.3 is 5.91 Å². The highest BCUT2D eigenvalue weighted by atomic mass is 16.2. The summed E-state index contributed by atoms with van der Waals surface area (Å²) in [7, 11) is 0. The SMILES string of the molecule is CC.O=C1c2ccc3c4ccc5c6c(ccc(c7ccc(c2c73)-c2[nH]c3ccccc3[n+]21)c46)c(=O)n1c2ccccc2nc51. The average molecular weight is 568 g/mol. The van der Waals surface area contributed by atoms with Gasteiger partial charge in [-0.2, -0.15) is 4.57 Å². The Morgan fingerprint density at radius 3 is 2.00 bits per heavy atom. The Kier molecular flexibility index (Phi) is 4.27. The fraction of sp³-hybridized carbons (Fsp3) is 0.0526. The first-order valence-electron chi connectivity index (χ1n) is 15.0. The van der Waals surface area contributed by atoms with Crippen LogP contribution < -0.4 is 10.1 Å². The number of benzene rings is 7. The van der Waals surface area contributed by atoms with Crippen LogP contribution in [0.5, 0.6) is 0 Å². The lowest BCUT2D eigenvalue weighted by Crippen LogP contribution is -2.46. The summed E-state index contributed by atoms with van der Waals surface area (Å²) >= 11 is 0. The second-order valence-electron chi connectivity index (χ2n) is 11.3. The van der Waals surface area contributed by atoms with E-state index in [2.05, 4.69) is 41.4 Å². The molecule has 1 aliphatic heterocycles. The molecule has 0 bridgehead atoms. The number of pyridine rings is 1. The van der Waals surface area contributed by atoms with Crippen LogP contribution in [0.2, 0.25) is 0 Å². The van der Waals surface area contributed by atoms with E-state index < -0.39 is 0 Å². The molecule has 44 heavy (non-hydrogen) atoms. The number of nitrogens with zero attached hydrogens (tertiary/aromatic N) is 3. The van der Waals surface area contributed by atoms with Crippen LogP contribution in [-0.4, -0.2) is 20.3 Å². The standard InChI is InChI=1S/C36H16N4O2.C2H6/c41-35-23-15-11-19-18-10-14-22-32-24(36(42)40-28-8-4-2-6-26(28)38-34(22)40)16-12-20(30(18)32)17-9-13-21(31(23)29(17)19)33-37-25-5-1-3-7-27(25)39(33)35;1-2/h1-16H;1-2H3/p+1. The minimum absolute atomic E-state index is 0.0285. The van der Waals surface area contributed by atoms with Gasteiger partial charge in [0.25, 0.3) is 11.4 Å². The first-order chi connectivity index (χ1) is 21.7. The molecule has 1 N–H and O–H groups in total. The Bertz CT molecular complexity index is 2930. The number of carbonyl (C=O) groups excluding carboxylic acids is 1. The van der Waals surface area contributed by atoms with Crippen LogP contribution >= 0.6 is 0 Å². The van der Waals surface area contributed by atoms with Crippen molar-refractivity contribution in [3.05, 3.63) is 113 Å². The van der Waals surface area contributed by atoms with Crippen molar-refractivity contribution in [3.8, 4) is 11.4 Å². The Labute approximate surface area is 249 Å². The van der Waals surface area contributed by atoms with Crippen molar-refractivity contribution in [1.29, 1.82) is 0 Å². The minimum atomic E-state index is -0.0556. The van der Waals surface area contributed by atoms with Gasteiger partial charge in [0.15, 0.2) is 11.0 Å². The van der Waals surface area contributed by atoms with E-state index in [9.17, 15) is 9.59 Å². The van der Waals surface area contributed by atoms with Crippen molar-refractivity contribution in [2.75, 3.05) is 0 Å². The summed E-state index contributed by atoms with van der Waals surface area (Å²) in [5.74, 6) is 0.775. The lowest BCUT2D eigenvalue weighted by atomic mass is 9.84. The largest absolute Gasteiger partial charge is 0.347 e. The molecule has 10 aromatic rings. The number of rotatable bonds is 0. The number of hydrogen-bond acceptors (Lipinski definition) is 3. The summed E-state index contributed by atoms with van der Waals surface area (Å²) < 4.78 is 3.55. The van der Waals surface area contributed by atoms with Crippen LogP contribution in [0.25, 0.3) is 93.0 Å². The van der Waals surface area contributed by atoms with E-state index in [0.717, 1.165) is 81.9 Å². The zero-order valence-electron chi connectivity index (χ0n) is 23.9. The summed E-state index contributed by atoms with van der Waals surface area (Å²) in [6, 6.07) is 32.4. The maximum absolute atomic E-state index is 14.0. The zero-order chi connectivity index (χ0) is 29.4. The van der Waals surface area contributed by atoms with Gasteiger partial charge < -0.3 is 0 Å². The van der Waals surface area contributed by atoms with Gasteiger partial charge in [0.1, 0.15) is 5.65 Å².